The highest BCUT2D eigenvalue weighted by Crippen LogP contribution is 2.36. The van der Waals surface area contributed by atoms with Gasteiger partial charge in [-0.2, -0.15) is 0 Å². The molecule has 0 bridgehead atoms. The Kier molecular flexibility index (Phi) is 13.6. The van der Waals surface area contributed by atoms with E-state index in [4.69, 9.17) is 14.9 Å². The summed E-state index contributed by atoms with van der Waals surface area (Å²) in [6.45, 7) is 10.6. The normalized spacial score (nSPS) is 11.9. The molecule has 0 heterocycles. The maximum Gasteiger partial charge on any atom is 0.328 e. The van der Waals surface area contributed by atoms with Crippen molar-refractivity contribution in [3.05, 3.63) is 113 Å². The maximum atomic E-state index is 9.83. The number of aliphatic hydroxyl groups is 1. The summed E-state index contributed by atoms with van der Waals surface area (Å²) >= 11 is 0. The van der Waals surface area contributed by atoms with Gasteiger partial charge in [-0.25, -0.2) is 9.59 Å². The SMILES string of the molecule is CC(C)N(CC[C@H](c1ccccc1)c1cc(CO)ccc1OCc1ccccc1)C(C)C.O=C(O)/C=C/C(=O)O. The summed E-state index contributed by atoms with van der Waals surface area (Å²) in [5.74, 6) is -1.44. The lowest BCUT2D eigenvalue weighted by molar-refractivity contribution is -0.134. The van der Waals surface area contributed by atoms with Gasteiger partial charge in [0.15, 0.2) is 0 Å². The highest BCUT2D eigenvalue weighted by atomic mass is 16.5. The van der Waals surface area contributed by atoms with E-state index in [0.29, 0.717) is 30.8 Å². The Balaban J connectivity index is 0.000000611. The van der Waals surface area contributed by atoms with Gasteiger partial charge in [-0.15, -0.1) is 0 Å². The molecule has 0 unspecified atom stereocenters. The van der Waals surface area contributed by atoms with E-state index in [-0.39, 0.29) is 12.5 Å². The van der Waals surface area contributed by atoms with Gasteiger partial charge in [-0.3, -0.25) is 4.90 Å². The van der Waals surface area contributed by atoms with Gasteiger partial charge in [-0.1, -0.05) is 66.7 Å². The van der Waals surface area contributed by atoms with E-state index in [0.717, 1.165) is 35.4 Å². The first-order chi connectivity index (χ1) is 19.1. The number of carboxylic acids is 2. The van der Waals surface area contributed by atoms with Gasteiger partial charge in [0, 0.05) is 35.7 Å². The second kappa shape index (κ2) is 16.9. The zero-order valence-corrected chi connectivity index (χ0v) is 23.7. The number of carboxylic acid groups (broad SMARTS) is 2. The van der Waals surface area contributed by atoms with Crippen LogP contribution in [0.15, 0.2) is 91.0 Å². The molecule has 1 atom stereocenters. The second-order valence-corrected chi connectivity index (χ2v) is 9.99. The van der Waals surface area contributed by atoms with Crippen LogP contribution >= 0.6 is 0 Å². The molecule has 0 saturated carbocycles. The first-order valence-corrected chi connectivity index (χ1v) is 13.5. The Bertz CT molecular complexity index is 1180. The summed E-state index contributed by atoms with van der Waals surface area (Å²) in [6.07, 6.45) is 2.10. The number of benzene rings is 3. The predicted molar refractivity (Wildman–Crippen MR) is 157 cm³/mol. The third-order valence-electron chi connectivity index (χ3n) is 6.44. The van der Waals surface area contributed by atoms with Crippen LogP contribution in [0.4, 0.5) is 0 Å². The molecule has 0 radical (unpaired) electrons. The number of ether oxygens (including phenoxy) is 1. The summed E-state index contributed by atoms with van der Waals surface area (Å²) in [5.41, 5.74) is 4.48. The fourth-order valence-electron chi connectivity index (χ4n) is 4.56. The lowest BCUT2D eigenvalue weighted by Gasteiger charge is -2.32. The van der Waals surface area contributed by atoms with Gasteiger partial charge < -0.3 is 20.1 Å². The van der Waals surface area contributed by atoms with Crippen molar-refractivity contribution in [2.24, 2.45) is 0 Å². The molecule has 3 aromatic rings. The van der Waals surface area contributed by atoms with E-state index in [9.17, 15) is 14.7 Å². The van der Waals surface area contributed by atoms with Crippen molar-refractivity contribution in [2.75, 3.05) is 6.54 Å². The number of hydrogen-bond acceptors (Lipinski definition) is 5. The zero-order valence-electron chi connectivity index (χ0n) is 23.7. The third-order valence-corrected chi connectivity index (χ3v) is 6.44. The van der Waals surface area contributed by atoms with Gasteiger partial charge >= 0.3 is 11.9 Å². The monoisotopic (exact) mass is 547 g/mol. The van der Waals surface area contributed by atoms with Gasteiger partial charge in [0.1, 0.15) is 12.4 Å². The third kappa shape index (κ3) is 11.0. The van der Waals surface area contributed by atoms with Crippen LogP contribution in [-0.2, 0) is 22.8 Å². The highest BCUT2D eigenvalue weighted by Gasteiger charge is 2.22. The molecule has 214 valence electrons. The topological polar surface area (TPSA) is 107 Å². The van der Waals surface area contributed by atoms with Crippen LogP contribution in [0, 0.1) is 0 Å². The molecule has 0 saturated heterocycles. The molecule has 7 heteroatoms. The van der Waals surface area contributed by atoms with Gasteiger partial charge in [0.2, 0.25) is 0 Å². The largest absolute Gasteiger partial charge is 0.489 e. The highest BCUT2D eigenvalue weighted by molar-refractivity contribution is 5.89. The van der Waals surface area contributed by atoms with E-state index in [1.807, 2.05) is 30.3 Å². The van der Waals surface area contributed by atoms with Crippen molar-refractivity contribution < 1.29 is 29.6 Å². The van der Waals surface area contributed by atoms with Crippen LogP contribution < -0.4 is 4.74 Å². The molecule has 0 aromatic heterocycles. The Morgan fingerprint density at radius 1 is 0.800 bits per heavy atom. The summed E-state index contributed by atoms with van der Waals surface area (Å²) in [5, 5.41) is 25.5. The number of aliphatic carboxylic acids is 2. The molecular weight excluding hydrogens is 506 g/mol. The summed E-state index contributed by atoms with van der Waals surface area (Å²) in [4.78, 5) is 21.6. The molecule has 0 aliphatic carbocycles. The van der Waals surface area contributed by atoms with Gasteiger partial charge in [-0.05, 0) is 69.5 Å². The number of aliphatic hydroxyl groups excluding tert-OH is 1. The molecule has 0 spiro atoms. The van der Waals surface area contributed by atoms with E-state index >= 15 is 0 Å². The quantitative estimate of drug-likeness (QED) is 0.222. The zero-order chi connectivity index (χ0) is 29.5. The Hall–Kier alpha value is -3.94. The Morgan fingerprint density at radius 3 is 1.85 bits per heavy atom. The van der Waals surface area contributed by atoms with Crippen LogP contribution in [0.3, 0.4) is 0 Å². The summed E-state index contributed by atoms with van der Waals surface area (Å²) in [7, 11) is 0. The van der Waals surface area contributed by atoms with Gasteiger partial charge in [0.05, 0.1) is 6.61 Å². The van der Waals surface area contributed by atoms with E-state index in [1.165, 1.54) is 5.56 Å². The number of rotatable bonds is 13. The molecular formula is C33H41NO6. The molecule has 0 amide bonds. The minimum Gasteiger partial charge on any atom is -0.489 e. The molecule has 0 aliphatic heterocycles. The van der Waals surface area contributed by atoms with Crippen molar-refractivity contribution in [3.63, 3.8) is 0 Å². The van der Waals surface area contributed by atoms with Crippen molar-refractivity contribution in [1.82, 2.24) is 4.90 Å². The van der Waals surface area contributed by atoms with Crippen LogP contribution in [-0.4, -0.2) is 50.8 Å². The standard InChI is InChI=1S/C29H37NO2.C4H4O4/c1-22(2)30(23(3)4)18-17-27(26-13-9-6-10-14-26)28-19-25(20-31)15-16-29(28)32-21-24-11-7-5-8-12-24;5-3(6)1-2-4(7)8/h5-16,19,22-23,27,31H,17-18,20-21H2,1-4H3;1-2H,(H,5,6)(H,7,8)/b;2-1+/t27-;/m1./s1. The van der Waals surface area contributed by atoms with E-state index in [1.54, 1.807) is 0 Å². The minimum atomic E-state index is -1.26. The summed E-state index contributed by atoms with van der Waals surface area (Å²) < 4.78 is 6.33. The molecule has 0 fully saturated rings. The molecule has 40 heavy (non-hydrogen) atoms. The first kappa shape index (κ1) is 32.3. The van der Waals surface area contributed by atoms with Gasteiger partial charge in [0.25, 0.3) is 0 Å². The first-order valence-electron chi connectivity index (χ1n) is 13.5. The lowest BCUT2D eigenvalue weighted by atomic mass is 9.86. The fraction of sp³-hybridized carbons (Fsp3) is 0.333. The van der Waals surface area contributed by atoms with E-state index < -0.39 is 11.9 Å². The molecule has 3 aromatic carbocycles. The average Bonchev–Trinajstić information content (AvgIpc) is 2.94. The lowest BCUT2D eigenvalue weighted by Crippen LogP contribution is -2.38. The molecule has 3 N–H and O–H groups in total. The van der Waals surface area contributed by atoms with Crippen molar-refractivity contribution in [1.29, 1.82) is 0 Å². The predicted octanol–water partition coefficient (Wildman–Crippen LogP) is 6.11. The van der Waals surface area contributed by atoms with Crippen molar-refractivity contribution in [3.8, 4) is 5.75 Å². The smallest absolute Gasteiger partial charge is 0.328 e. The Labute approximate surface area is 237 Å². The number of carbonyl (C=O) groups is 2. The van der Waals surface area contributed by atoms with Crippen LogP contribution in [0.2, 0.25) is 0 Å². The van der Waals surface area contributed by atoms with Crippen LogP contribution in [0.1, 0.15) is 62.3 Å². The summed E-state index contributed by atoms with van der Waals surface area (Å²) in [6, 6.07) is 28.0. The average molecular weight is 548 g/mol. The molecule has 7 nitrogen and oxygen atoms in total. The van der Waals surface area contributed by atoms with E-state index in [2.05, 4.69) is 81.1 Å². The molecule has 3 rings (SSSR count). The number of nitrogens with zero attached hydrogens (tertiary/aromatic N) is 1. The van der Waals surface area contributed by atoms with Crippen molar-refractivity contribution in [2.45, 2.75) is 65.3 Å². The van der Waals surface area contributed by atoms with Crippen LogP contribution in [0.5, 0.6) is 5.75 Å². The Morgan fingerprint density at radius 2 is 1.35 bits per heavy atom. The molecule has 0 aliphatic rings. The number of hydrogen-bond donors (Lipinski definition) is 3. The second-order valence-electron chi connectivity index (χ2n) is 9.99. The minimum absolute atomic E-state index is 0.0254. The fourth-order valence-corrected chi connectivity index (χ4v) is 4.56. The van der Waals surface area contributed by atoms with Crippen LogP contribution in [0.25, 0.3) is 0 Å². The maximum absolute atomic E-state index is 9.83. The van der Waals surface area contributed by atoms with Crippen molar-refractivity contribution >= 4 is 11.9 Å².